The first kappa shape index (κ1) is 17.8. The van der Waals surface area contributed by atoms with E-state index in [1.807, 2.05) is 0 Å². The Morgan fingerprint density at radius 1 is 1.25 bits per heavy atom. The largest absolute Gasteiger partial charge is 0.481 e. The normalized spacial score (nSPS) is 17.9. The highest BCUT2D eigenvalue weighted by atomic mass is 19.4. The van der Waals surface area contributed by atoms with Crippen LogP contribution >= 0.6 is 0 Å². The molecular formula is C15H15F3N2O4. The number of nitrogens with one attached hydrogen (secondary N) is 1. The highest BCUT2D eigenvalue weighted by Gasteiger charge is 2.40. The second-order valence-corrected chi connectivity index (χ2v) is 5.31. The van der Waals surface area contributed by atoms with Crippen LogP contribution in [0.2, 0.25) is 0 Å². The van der Waals surface area contributed by atoms with E-state index in [2.05, 4.69) is 5.32 Å². The molecule has 0 aromatic heterocycles. The van der Waals surface area contributed by atoms with Gasteiger partial charge in [-0.1, -0.05) is 12.1 Å². The molecule has 2 rings (SSSR count). The van der Waals surface area contributed by atoms with E-state index >= 15 is 0 Å². The van der Waals surface area contributed by atoms with Gasteiger partial charge in [0.25, 0.3) is 0 Å². The van der Waals surface area contributed by atoms with Crippen molar-refractivity contribution in [2.24, 2.45) is 0 Å². The third-order valence-corrected chi connectivity index (χ3v) is 3.61. The smallest absolute Gasteiger partial charge is 0.418 e. The van der Waals surface area contributed by atoms with Crippen molar-refractivity contribution in [3.05, 3.63) is 29.8 Å². The summed E-state index contributed by atoms with van der Waals surface area (Å²) in [4.78, 5) is 35.3. The van der Waals surface area contributed by atoms with Crippen molar-refractivity contribution in [3.8, 4) is 0 Å². The maximum Gasteiger partial charge on any atom is 0.418 e. The summed E-state index contributed by atoms with van der Waals surface area (Å²) in [5, 5.41) is 10.9. The molecule has 1 atom stereocenters. The van der Waals surface area contributed by atoms with E-state index in [-0.39, 0.29) is 31.5 Å². The molecule has 24 heavy (non-hydrogen) atoms. The standard InChI is InChI=1S/C15H15F3N2O4/c16-15(17,18)9-3-1-2-4-11(9)20-8-7-10(14(20)24)19-12(21)5-6-13(22)23/h1-4,10H,5-8H2,(H,19,21)(H,22,23). The lowest BCUT2D eigenvalue weighted by Gasteiger charge is -2.21. The van der Waals surface area contributed by atoms with Crippen molar-refractivity contribution in [1.29, 1.82) is 0 Å². The van der Waals surface area contributed by atoms with E-state index in [4.69, 9.17) is 5.11 Å². The van der Waals surface area contributed by atoms with Crippen LogP contribution in [0, 0.1) is 0 Å². The summed E-state index contributed by atoms with van der Waals surface area (Å²) in [7, 11) is 0. The third kappa shape index (κ3) is 4.03. The molecule has 0 aliphatic carbocycles. The number of rotatable bonds is 5. The van der Waals surface area contributed by atoms with Gasteiger partial charge in [0.05, 0.1) is 17.7 Å². The van der Waals surface area contributed by atoms with Gasteiger partial charge in [0.1, 0.15) is 6.04 Å². The minimum absolute atomic E-state index is 0.0375. The zero-order valence-corrected chi connectivity index (χ0v) is 12.5. The molecule has 1 aliphatic heterocycles. The zero-order valence-electron chi connectivity index (χ0n) is 12.5. The van der Waals surface area contributed by atoms with Gasteiger partial charge < -0.3 is 15.3 Å². The second-order valence-electron chi connectivity index (χ2n) is 5.31. The number of alkyl halides is 3. The fourth-order valence-corrected chi connectivity index (χ4v) is 2.49. The highest BCUT2D eigenvalue weighted by Crippen LogP contribution is 2.37. The number of hydrogen-bond donors (Lipinski definition) is 2. The fourth-order valence-electron chi connectivity index (χ4n) is 2.49. The summed E-state index contributed by atoms with van der Waals surface area (Å²) in [6.45, 7) is 0.0375. The van der Waals surface area contributed by atoms with E-state index in [1.165, 1.54) is 18.2 Å². The predicted molar refractivity (Wildman–Crippen MR) is 77.2 cm³/mol. The molecule has 1 saturated heterocycles. The number of nitrogens with zero attached hydrogens (tertiary/aromatic N) is 1. The number of benzene rings is 1. The van der Waals surface area contributed by atoms with Gasteiger partial charge in [-0.05, 0) is 18.6 Å². The van der Waals surface area contributed by atoms with Crippen molar-refractivity contribution in [2.45, 2.75) is 31.5 Å². The molecule has 130 valence electrons. The lowest BCUT2D eigenvalue weighted by atomic mass is 10.1. The summed E-state index contributed by atoms with van der Waals surface area (Å²) in [5.74, 6) is -2.42. The summed E-state index contributed by atoms with van der Waals surface area (Å²) in [6, 6.07) is 3.78. The predicted octanol–water partition coefficient (Wildman–Crippen LogP) is 1.79. The number of hydrogen-bond acceptors (Lipinski definition) is 3. The number of para-hydroxylation sites is 1. The van der Waals surface area contributed by atoms with Crippen LogP contribution in [0.15, 0.2) is 24.3 Å². The topological polar surface area (TPSA) is 86.7 Å². The van der Waals surface area contributed by atoms with Crippen LogP contribution in [-0.4, -0.2) is 35.5 Å². The maximum atomic E-state index is 13.0. The number of carbonyl (C=O) groups is 3. The van der Waals surface area contributed by atoms with Crippen LogP contribution in [0.3, 0.4) is 0 Å². The van der Waals surface area contributed by atoms with Crippen molar-refractivity contribution in [2.75, 3.05) is 11.4 Å². The monoisotopic (exact) mass is 344 g/mol. The Morgan fingerprint density at radius 2 is 1.92 bits per heavy atom. The molecule has 0 saturated carbocycles. The molecule has 1 unspecified atom stereocenters. The second kappa shape index (κ2) is 6.90. The molecule has 2 N–H and O–H groups in total. The first-order chi connectivity index (χ1) is 11.2. The molecule has 0 bridgehead atoms. The summed E-state index contributed by atoms with van der Waals surface area (Å²) in [5.41, 5.74) is -1.17. The Balaban J connectivity index is 2.10. The molecule has 0 spiro atoms. The number of amides is 2. The Bertz CT molecular complexity index is 660. The number of carboxylic acids is 1. The van der Waals surface area contributed by atoms with Gasteiger partial charge in [0.15, 0.2) is 0 Å². The van der Waals surface area contributed by atoms with Crippen LogP contribution in [-0.2, 0) is 20.6 Å². The summed E-state index contributed by atoms with van der Waals surface area (Å²) in [6.07, 6.45) is -5.12. The van der Waals surface area contributed by atoms with E-state index in [0.29, 0.717) is 0 Å². The van der Waals surface area contributed by atoms with Gasteiger partial charge >= 0.3 is 12.1 Å². The summed E-state index contributed by atoms with van der Waals surface area (Å²) >= 11 is 0. The minimum Gasteiger partial charge on any atom is -0.481 e. The van der Waals surface area contributed by atoms with Crippen LogP contribution < -0.4 is 10.2 Å². The zero-order chi connectivity index (χ0) is 17.9. The quantitative estimate of drug-likeness (QED) is 0.853. The van der Waals surface area contributed by atoms with Gasteiger partial charge in [-0.25, -0.2) is 0 Å². The van der Waals surface area contributed by atoms with Crippen molar-refractivity contribution in [3.63, 3.8) is 0 Å². The molecule has 0 radical (unpaired) electrons. The molecule has 6 nitrogen and oxygen atoms in total. The molecule has 1 aliphatic rings. The number of carboxylic acid groups (broad SMARTS) is 1. The van der Waals surface area contributed by atoms with E-state index < -0.39 is 35.6 Å². The highest BCUT2D eigenvalue weighted by molar-refractivity contribution is 6.02. The van der Waals surface area contributed by atoms with Crippen molar-refractivity contribution >= 4 is 23.5 Å². The third-order valence-electron chi connectivity index (χ3n) is 3.61. The fraction of sp³-hybridized carbons (Fsp3) is 0.400. The maximum absolute atomic E-state index is 13.0. The number of halogens is 3. The van der Waals surface area contributed by atoms with Crippen molar-refractivity contribution in [1.82, 2.24) is 5.32 Å². The SMILES string of the molecule is O=C(O)CCC(=O)NC1CCN(c2ccccc2C(F)(F)F)C1=O. The van der Waals surface area contributed by atoms with Gasteiger partial charge in [-0.3, -0.25) is 14.4 Å². The average Bonchev–Trinajstić information content (AvgIpc) is 2.85. The van der Waals surface area contributed by atoms with Crippen LogP contribution in [0.4, 0.5) is 18.9 Å². The number of anilines is 1. The molecule has 2 amide bonds. The summed E-state index contributed by atoms with van der Waals surface area (Å²) < 4.78 is 39.1. The van der Waals surface area contributed by atoms with Gasteiger partial charge in [-0.2, -0.15) is 13.2 Å². The lowest BCUT2D eigenvalue weighted by molar-refractivity contribution is -0.139. The molecule has 1 heterocycles. The molecule has 9 heteroatoms. The minimum atomic E-state index is -4.60. The van der Waals surface area contributed by atoms with Crippen LogP contribution in [0.5, 0.6) is 0 Å². The lowest BCUT2D eigenvalue weighted by Crippen LogP contribution is -2.42. The molecule has 1 aromatic rings. The number of aliphatic carboxylic acids is 1. The Hall–Kier alpha value is -2.58. The number of carbonyl (C=O) groups excluding carboxylic acids is 2. The van der Waals surface area contributed by atoms with E-state index in [1.54, 1.807) is 0 Å². The molecule has 1 aromatic carbocycles. The first-order valence-corrected chi connectivity index (χ1v) is 7.19. The van der Waals surface area contributed by atoms with E-state index in [9.17, 15) is 27.6 Å². The van der Waals surface area contributed by atoms with Crippen molar-refractivity contribution < 1.29 is 32.7 Å². The molecular weight excluding hydrogens is 329 g/mol. The average molecular weight is 344 g/mol. The van der Waals surface area contributed by atoms with Gasteiger partial charge in [0.2, 0.25) is 11.8 Å². The van der Waals surface area contributed by atoms with Gasteiger partial charge in [0, 0.05) is 13.0 Å². The van der Waals surface area contributed by atoms with E-state index in [0.717, 1.165) is 11.0 Å². The molecule has 1 fully saturated rings. The first-order valence-electron chi connectivity index (χ1n) is 7.19. The Labute approximate surface area is 135 Å². The Kier molecular flexibility index (Phi) is 5.10. The van der Waals surface area contributed by atoms with Gasteiger partial charge in [-0.15, -0.1) is 0 Å². The Morgan fingerprint density at radius 3 is 2.54 bits per heavy atom. The van der Waals surface area contributed by atoms with Crippen LogP contribution in [0.1, 0.15) is 24.8 Å². The van der Waals surface area contributed by atoms with Crippen LogP contribution in [0.25, 0.3) is 0 Å².